The van der Waals surface area contributed by atoms with Crippen LogP contribution in [0, 0.1) is 5.92 Å². The highest BCUT2D eigenvalue weighted by Gasteiger charge is 2.40. The third-order valence-corrected chi connectivity index (χ3v) is 5.72. The Morgan fingerprint density at radius 3 is 2.54 bits per heavy atom. The number of nitrogens with zero attached hydrogens (tertiary/aromatic N) is 3. The molecular formula is C26H24F2N4O3. The lowest BCUT2D eigenvalue weighted by Gasteiger charge is -2.17. The van der Waals surface area contributed by atoms with Crippen molar-refractivity contribution in [2.45, 2.75) is 26.2 Å². The Kier molecular flexibility index (Phi) is 6.59. The summed E-state index contributed by atoms with van der Waals surface area (Å²) in [5, 5.41) is 7.90. The van der Waals surface area contributed by atoms with Crippen LogP contribution in [0.25, 0.3) is 11.3 Å². The average molecular weight is 478 g/mol. The number of amides is 2. The molecule has 0 aliphatic carbocycles. The number of benzene rings is 2. The SMILES string of the molecule is CCC(F)(F)c1cccc(NC(=O)C2C(=O)N(c3ccc(OC)c(-c4ccccc4)n3)N=C2C)c1. The molecule has 0 spiro atoms. The largest absolute Gasteiger partial charge is 0.494 e. The van der Waals surface area contributed by atoms with Crippen LogP contribution in [-0.2, 0) is 15.5 Å². The summed E-state index contributed by atoms with van der Waals surface area (Å²) in [5.41, 5.74) is 1.54. The van der Waals surface area contributed by atoms with Gasteiger partial charge in [-0.25, -0.2) is 13.8 Å². The van der Waals surface area contributed by atoms with Gasteiger partial charge >= 0.3 is 0 Å². The fourth-order valence-corrected chi connectivity index (χ4v) is 3.80. The number of rotatable bonds is 7. The average Bonchev–Trinajstić information content (AvgIpc) is 3.18. The normalized spacial score (nSPS) is 15.7. The molecule has 0 saturated carbocycles. The van der Waals surface area contributed by atoms with E-state index in [1.165, 1.54) is 38.3 Å². The molecule has 1 N–H and O–H groups in total. The maximum atomic E-state index is 14.1. The Hall–Kier alpha value is -4.14. The lowest BCUT2D eigenvalue weighted by Crippen LogP contribution is -2.36. The van der Waals surface area contributed by atoms with Crippen molar-refractivity contribution in [1.29, 1.82) is 0 Å². The molecular weight excluding hydrogens is 454 g/mol. The third kappa shape index (κ3) is 4.75. The standard InChI is InChI=1S/C26H24F2N4O3/c1-4-26(27,28)18-11-8-12-19(15-18)29-24(33)22-16(2)31-32(25(22)34)21-14-13-20(35-3)23(30-21)17-9-6-5-7-10-17/h5-15,22H,4H2,1-3H3,(H,29,33). The molecule has 2 heterocycles. The summed E-state index contributed by atoms with van der Waals surface area (Å²) in [6.45, 7) is 2.94. The highest BCUT2D eigenvalue weighted by molar-refractivity contribution is 6.28. The summed E-state index contributed by atoms with van der Waals surface area (Å²) in [7, 11) is 1.53. The van der Waals surface area contributed by atoms with E-state index >= 15 is 0 Å². The molecule has 3 aromatic rings. The second-order valence-corrected chi connectivity index (χ2v) is 8.04. The third-order valence-electron chi connectivity index (χ3n) is 5.72. The Morgan fingerprint density at radius 1 is 1.11 bits per heavy atom. The van der Waals surface area contributed by atoms with Crippen molar-refractivity contribution in [3.05, 3.63) is 72.3 Å². The molecule has 2 aromatic carbocycles. The molecule has 4 rings (SSSR count). The molecule has 35 heavy (non-hydrogen) atoms. The zero-order valence-electron chi connectivity index (χ0n) is 19.5. The zero-order chi connectivity index (χ0) is 25.2. The fraction of sp³-hybridized carbons (Fsp3) is 0.231. The molecule has 1 unspecified atom stereocenters. The monoisotopic (exact) mass is 478 g/mol. The number of alkyl halides is 2. The van der Waals surface area contributed by atoms with Crippen molar-refractivity contribution >= 4 is 29.0 Å². The van der Waals surface area contributed by atoms with Gasteiger partial charge in [-0.1, -0.05) is 49.4 Å². The second-order valence-electron chi connectivity index (χ2n) is 8.04. The zero-order valence-corrected chi connectivity index (χ0v) is 19.5. The van der Waals surface area contributed by atoms with Gasteiger partial charge in [0.2, 0.25) is 5.91 Å². The highest BCUT2D eigenvalue weighted by Crippen LogP contribution is 2.34. The van der Waals surface area contributed by atoms with Gasteiger partial charge in [-0.15, -0.1) is 0 Å². The number of methoxy groups -OCH3 is 1. The van der Waals surface area contributed by atoms with Crippen molar-refractivity contribution in [2.75, 3.05) is 17.4 Å². The first kappa shape index (κ1) is 24.0. The Balaban J connectivity index is 1.58. The second kappa shape index (κ2) is 9.61. The number of hydrogen-bond acceptors (Lipinski definition) is 5. The van der Waals surface area contributed by atoms with Crippen LogP contribution < -0.4 is 15.1 Å². The molecule has 0 saturated heterocycles. The van der Waals surface area contributed by atoms with Crippen molar-refractivity contribution in [3.63, 3.8) is 0 Å². The van der Waals surface area contributed by atoms with E-state index in [2.05, 4.69) is 15.4 Å². The molecule has 2 amide bonds. The number of nitrogens with one attached hydrogen (secondary N) is 1. The topological polar surface area (TPSA) is 83.9 Å². The van der Waals surface area contributed by atoms with Gasteiger partial charge < -0.3 is 10.1 Å². The van der Waals surface area contributed by atoms with E-state index in [9.17, 15) is 18.4 Å². The summed E-state index contributed by atoms with van der Waals surface area (Å²) >= 11 is 0. The van der Waals surface area contributed by atoms with Gasteiger partial charge in [0.1, 0.15) is 11.4 Å². The summed E-state index contributed by atoms with van der Waals surface area (Å²) in [6.07, 6.45) is -0.369. The maximum Gasteiger partial charge on any atom is 0.273 e. The number of hydrazone groups is 1. The predicted molar refractivity (Wildman–Crippen MR) is 130 cm³/mol. The van der Waals surface area contributed by atoms with Gasteiger partial charge in [-0.3, -0.25) is 9.59 Å². The first-order valence-corrected chi connectivity index (χ1v) is 11.0. The molecule has 0 fully saturated rings. The molecule has 1 aliphatic heterocycles. The van der Waals surface area contributed by atoms with Crippen LogP contribution in [-0.4, -0.2) is 29.6 Å². The number of aromatic nitrogens is 1. The molecule has 0 radical (unpaired) electrons. The molecule has 180 valence electrons. The van der Waals surface area contributed by atoms with Gasteiger partial charge in [0, 0.05) is 23.2 Å². The number of hydrogen-bond donors (Lipinski definition) is 1. The van der Waals surface area contributed by atoms with Gasteiger partial charge in [0.15, 0.2) is 11.7 Å². The quantitative estimate of drug-likeness (QED) is 0.471. The lowest BCUT2D eigenvalue weighted by molar-refractivity contribution is -0.127. The summed E-state index contributed by atoms with van der Waals surface area (Å²) < 4.78 is 33.5. The van der Waals surface area contributed by atoms with Crippen LogP contribution in [0.2, 0.25) is 0 Å². The van der Waals surface area contributed by atoms with E-state index in [4.69, 9.17) is 4.74 Å². The van der Waals surface area contributed by atoms with Crippen molar-refractivity contribution in [2.24, 2.45) is 11.0 Å². The first-order chi connectivity index (χ1) is 16.7. The number of carbonyl (C=O) groups excluding carboxylic acids is 2. The van der Waals surface area contributed by atoms with Crippen molar-refractivity contribution < 1.29 is 23.1 Å². The number of halogens is 2. The smallest absolute Gasteiger partial charge is 0.273 e. The van der Waals surface area contributed by atoms with Crippen LogP contribution in [0.4, 0.5) is 20.3 Å². The Labute approximate surface area is 201 Å². The minimum atomic E-state index is -3.02. The first-order valence-electron chi connectivity index (χ1n) is 11.0. The van der Waals surface area contributed by atoms with Crippen molar-refractivity contribution in [1.82, 2.24) is 4.98 Å². The number of carbonyl (C=O) groups is 2. The van der Waals surface area contributed by atoms with Crippen LogP contribution in [0.3, 0.4) is 0 Å². The molecule has 1 aromatic heterocycles. The summed E-state index contributed by atoms with van der Waals surface area (Å²) in [4.78, 5) is 30.7. The van der Waals surface area contributed by atoms with E-state index in [1.54, 1.807) is 19.1 Å². The lowest BCUT2D eigenvalue weighted by atomic mass is 10.0. The van der Waals surface area contributed by atoms with Crippen molar-refractivity contribution in [3.8, 4) is 17.0 Å². The predicted octanol–water partition coefficient (Wildman–Crippen LogP) is 5.24. The highest BCUT2D eigenvalue weighted by atomic mass is 19.3. The van der Waals surface area contributed by atoms with Crippen LogP contribution in [0.15, 0.2) is 71.8 Å². The molecule has 7 nitrogen and oxygen atoms in total. The Bertz CT molecular complexity index is 1290. The molecule has 9 heteroatoms. The minimum Gasteiger partial charge on any atom is -0.494 e. The number of anilines is 2. The number of pyridine rings is 1. The van der Waals surface area contributed by atoms with E-state index in [-0.39, 0.29) is 29.2 Å². The molecule has 1 atom stereocenters. The summed E-state index contributed by atoms with van der Waals surface area (Å²) in [5.74, 6) is -4.73. The Morgan fingerprint density at radius 2 is 1.86 bits per heavy atom. The van der Waals surface area contributed by atoms with E-state index in [1.807, 2.05) is 30.3 Å². The molecule has 1 aliphatic rings. The van der Waals surface area contributed by atoms with E-state index in [0.29, 0.717) is 11.4 Å². The van der Waals surface area contributed by atoms with Gasteiger partial charge in [-0.2, -0.15) is 10.1 Å². The van der Waals surface area contributed by atoms with E-state index < -0.39 is 23.7 Å². The van der Waals surface area contributed by atoms with Gasteiger partial charge in [-0.05, 0) is 31.2 Å². The van der Waals surface area contributed by atoms with Crippen LogP contribution >= 0.6 is 0 Å². The summed E-state index contributed by atoms with van der Waals surface area (Å²) in [6, 6.07) is 18.0. The van der Waals surface area contributed by atoms with E-state index in [0.717, 1.165) is 10.6 Å². The van der Waals surface area contributed by atoms with Gasteiger partial charge in [0.25, 0.3) is 11.8 Å². The van der Waals surface area contributed by atoms with Crippen LogP contribution in [0.1, 0.15) is 25.8 Å². The number of ether oxygens (including phenoxy) is 1. The molecule has 0 bridgehead atoms. The fourth-order valence-electron chi connectivity index (χ4n) is 3.80. The minimum absolute atomic E-state index is 0.175. The van der Waals surface area contributed by atoms with Crippen LogP contribution in [0.5, 0.6) is 5.75 Å². The maximum absolute atomic E-state index is 14.1. The van der Waals surface area contributed by atoms with Gasteiger partial charge in [0.05, 0.1) is 12.8 Å².